The van der Waals surface area contributed by atoms with Crippen LogP contribution in [0.5, 0.6) is 11.5 Å². The molecule has 154 valence electrons. The van der Waals surface area contributed by atoms with Crippen LogP contribution in [0.2, 0.25) is 5.02 Å². The number of halogens is 1. The Bertz CT molecular complexity index is 916. The first-order valence-electron chi connectivity index (χ1n) is 8.56. The van der Waals surface area contributed by atoms with Gasteiger partial charge >= 0.3 is 5.97 Å². The molecule has 0 aliphatic rings. The van der Waals surface area contributed by atoms with E-state index >= 15 is 0 Å². The van der Waals surface area contributed by atoms with Crippen molar-refractivity contribution in [2.24, 2.45) is 0 Å². The minimum absolute atomic E-state index is 0.0514. The van der Waals surface area contributed by atoms with Crippen LogP contribution in [0.15, 0.2) is 36.4 Å². The summed E-state index contributed by atoms with van der Waals surface area (Å²) in [6.45, 7) is 1.33. The van der Waals surface area contributed by atoms with E-state index in [-0.39, 0.29) is 12.0 Å². The van der Waals surface area contributed by atoms with E-state index in [0.29, 0.717) is 22.1 Å². The third kappa shape index (κ3) is 6.39. The van der Waals surface area contributed by atoms with Gasteiger partial charge in [0, 0.05) is 10.6 Å². The van der Waals surface area contributed by atoms with Gasteiger partial charge in [0.15, 0.2) is 6.61 Å². The second kappa shape index (κ2) is 10.3. The molecule has 0 spiro atoms. The van der Waals surface area contributed by atoms with E-state index in [0.717, 1.165) is 5.56 Å². The van der Waals surface area contributed by atoms with Crippen molar-refractivity contribution in [1.82, 2.24) is 10.9 Å². The van der Waals surface area contributed by atoms with Crippen LogP contribution in [-0.4, -0.2) is 38.6 Å². The van der Waals surface area contributed by atoms with Gasteiger partial charge in [-0.2, -0.15) is 0 Å². The molecule has 0 bridgehead atoms. The molecule has 2 rings (SSSR count). The summed E-state index contributed by atoms with van der Waals surface area (Å²) in [6.07, 6.45) is -0.0514. The number of esters is 1. The zero-order chi connectivity index (χ0) is 21.4. The number of hydrogen-bond donors (Lipinski definition) is 2. The molecule has 2 amide bonds. The summed E-state index contributed by atoms with van der Waals surface area (Å²) in [5.41, 5.74) is 6.13. The van der Waals surface area contributed by atoms with E-state index in [1.165, 1.54) is 26.4 Å². The van der Waals surface area contributed by atoms with Crippen molar-refractivity contribution in [1.29, 1.82) is 0 Å². The van der Waals surface area contributed by atoms with Crippen molar-refractivity contribution in [3.05, 3.63) is 58.1 Å². The van der Waals surface area contributed by atoms with Gasteiger partial charge in [0.25, 0.3) is 11.8 Å². The summed E-state index contributed by atoms with van der Waals surface area (Å²) in [5.74, 6) is -1.09. The van der Waals surface area contributed by atoms with E-state index in [9.17, 15) is 14.4 Å². The quantitative estimate of drug-likeness (QED) is 0.526. The lowest BCUT2D eigenvalue weighted by Gasteiger charge is -2.11. The molecule has 9 heteroatoms. The molecule has 29 heavy (non-hydrogen) atoms. The van der Waals surface area contributed by atoms with Gasteiger partial charge in [-0.1, -0.05) is 29.3 Å². The van der Waals surface area contributed by atoms with Gasteiger partial charge < -0.3 is 14.2 Å². The van der Waals surface area contributed by atoms with E-state index in [4.69, 9.17) is 25.8 Å². The molecule has 0 atom stereocenters. The van der Waals surface area contributed by atoms with Crippen LogP contribution in [-0.2, 0) is 20.7 Å². The number of methoxy groups -OCH3 is 2. The number of hydrogen-bond acceptors (Lipinski definition) is 6. The number of aryl methyl sites for hydroxylation is 1. The van der Waals surface area contributed by atoms with Crippen molar-refractivity contribution in [2.45, 2.75) is 13.3 Å². The first kappa shape index (κ1) is 22.0. The van der Waals surface area contributed by atoms with Crippen LogP contribution in [0.25, 0.3) is 0 Å². The average molecular weight is 421 g/mol. The zero-order valence-corrected chi connectivity index (χ0v) is 17.0. The van der Waals surface area contributed by atoms with Crippen LogP contribution in [0, 0.1) is 6.92 Å². The van der Waals surface area contributed by atoms with Crippen LogP contribution in [0.1, 0.15) is 21.5 Å². The van der Waals surface area contributed by atoms with Crippen molar-refractivity contribution < 1.29 is 28.6 Å². The first-order chi connectivity index (χ1) is 13.8. The minimum Gasteiger partial charge on any atom is -0.496 e. The predicted molar refractivity (Wildman–Crippen MR) is 106 cm³/mol. The SMILES string of the molecule is COc1ccc(C)cc1CC(=O)OCC(=O)NNC(=O)c1cc(Cl)ccc1OC. The Labute approximate surface area is 173 Å². The maximum absolute atomic E-state index is 12.2. The smallest absolute Gasteiger partial charge is 0.310 e. The number of amides is 2. The third-order valence-corrected chi connectivity index (χ3v) is 4.09. The lowest BCUT2D eigenvalue weighted by atomic mass is 10.1. The van der Waals surface area contributed by atoms with Gasteiger partial charge in [0.1, 0.15) is 11.5 Å². The Kier molecular flexibility index (Phi) is 7.85. The van der Waals surface area contributed by atoms with Crippen molar-refractivity contribution >= 4 is 29.4 Å². The van der Waals surface area contributed by atoms with Crippen molar-refractivity contribution in [3.8, 4) is 11.5 Å². The van der Waals surface area contributed by atoms with Gasteiger partial charge in [-0.15, -0.1) is 0 Å². The highest BCUT2D eigenvalue weighted by Crippen LogP contribution is 2.22. The maximum Gasteiger partial charge on any atom is 0.310 e. The summed E-state index contributed by atoms with van der Waals surface area (Å²) in [7, 11) is 2.91. The first-order valence-corrected chi connectivity index (χ1v) is 8.93. The molecule has 0 fully saturated rings. The van der Waals surface area contributed by atoms with Crippen LogP contribution < -0.4 is 20.3 Å². The molecule has 0 radical (unpaired) electrons. The van der Waals surface area contributed by atoms with Gasteiger partial charge in [-0.25, -0.2) is 0 Å². The van der Waals surface area contributed by atoms with Crippen LogP contribution in [0.4, 0.5) is 0 Å². The van der Waals surface area contributed by atoms with Gasteiger partial charge in [-0.05, 0) is 31.2 Å². The van der Waals surface area contributed by atoms with Gasteiger partial charge in [-0.3, -0.25) is 25.2 Å². The lowest BCUT2D eigenvalue weighted by molar-refractivity contribution is -0.148. The predicted octanol–water partition coefficient (Wildman–Crippen LogP) is 2.21. The number of hydrazine groups is 1. The third-order valence-electron chi connectivity index (χ3n) is 3.86. The van der Waals surface area contributed by atoms with E-state index in [1.807, 2.05) is 13.0 Å². The molecular weight excluding hydrogens is 400 g/mol. The molecule has 0 aliphatic carbocycles. The number of rotatable bonds is 7. The Morgan fingerprint density at radius 3 is 2.34 bits per heavy atom. The highest BCUT2D eigenvalue weighted by atomic mass is 35.5. The summed E-state index contributed by atoms with van der Waals surface area (Å²) in [4.78, 5) is 36.0. The Hall–Kier alpha value is -3.26. The maximum atomic E-state index is 12.2. The lowest BCUT2D eigenvalue weighted by Crippen LogP contribution is -2.43. The number of ether oxygens (including phenoxy) is 3. The summed E-state index contributed by atoms with van der Waals surface area (Å²) >= 11 is 5.87. The molecule has 0 unspecified atom stereocenters. The molecule has 0 heterocycles. The number of nitrogens with one attached hydrogen (secondary N) is 2. The fourth-order valence-corrected chi connectivity index (χ4v) is 2.66. The van der Waals surface area contributed by atoms with Gasteiger partial charge in [0.05, 0.1) is 26.2 Å². The number of carbonyl (C=O) groups is 3. The van der Waals surface area contributed by atoms with E-state index in [2.05, 4.69) is 10.9 Å². The fourth-order valence-electron chi connectivity index (χ4n) is 2.49. The van der Waals surface area contributed by atoms with Crippen LogP contribution in [0.3, 0.4) is 0 Å². The van der Waals surface area contributed by atoms with E-state index in [1.54, 1.807) is 18.2 Å². The molecule has 2 N–H and O–H groups in total. The summed E-state index contributed by atoms with van der Waals surface area (Å²) < 4.78 is 15.2. The summed E-state index contributed by atoms with van der Waals surface area (Å²) in [6, 6.07) is 9.91. The topological polar surface area (TPSA) is 103 Å². The number of carbonyl (C=O) groups excluding carboxylic acids is 3. The Morgan fingerprint density at radius 2 is 1.66 bits per heavy atom. The highest BCUT2D eigenvalue weighted by Gasteiger charge is 2.15. The monoisotopic (exact) mass is 420 g/mol. The second-order valence-electron chi connectivity index (χ2n) is 6.00. The van der Waals surface area contributed by atoms with Crippen LogP contribution >= 0.6 is 11.6 Å². The van der Waals surface area contributed by atoms with Crippen molar-refractivity contribution in [3.63, 3.8) is 0 Å². The molecular formula is C20H21ClN2O6. The molecule has 0 aromatic heterocycles. The average Bonchev–Trinajstić information content (AvgIpc) is 2.70. The molecule has 0 saturated heterocycles. The molecule has 2 aromatic carbocycles. The number of benzene rings is 2. The molecule has 8 nitrogen and oxygen atoms in total. The normalized spacial score (nSPS) is 10.1. The van der Waals surface area contributed by atoms with E-state index < -0.39 is 24.4 Å². The molecule has 0 aliphatic heterocycles. The summed E-state index contributed by atoms with van der Waals surface area (Å²) in [5, 5.41) is 0.336. The minimum atomic E-state index is -0.705. The zero-order valence-electron chi connectivity index (χ0n) is 16.2. The standard InChI is InChI=1S/C20H21ClN2O6/c1-12-4-6-16(27-2)13(8-12)9-19(25)29-11-18(24)22-23-20(26)15-10-14(21)5-7-17(15)28-3/h4-8,10H,9,11H2,1-3H3,(H,22,24)(H,23,26). The Balaban J connectivity index is 1.84. The molecule has 2 aromatic rings. The highest BCUT2D eigenvalue weighted by molar-refractivity contribution is 6.31. The molecule has 0 saturated carbocycles. The fraction of sp³-hybridized carbons (Fsp3) is 0.250. The van der Waals surface area contributed by atoms with Gasteiger partial charge in [0.2, 0.25) is 0 Å². The van der Waals surface area contributed by atoms with Crippen molar-refractivity contribution in [2.75, 3.05) is 20.8 Å². The second-order valence-corrected chi connectivity index (χ2v) is 6.44. The Morgan fingerprint density at radius 1 is 0.966 bits per heavy atom. The largest absolute Gasteiger partial charge is 0.496 e.